The van der Waals surface area contributed by atoms with Gasteiger partial charge < -0.3 is 29.8 Å². The van der Waals surface area contributed by atoms with E-state index in [1.54, 1.807) is 31.4 Å². The van der Waals surface area contributed by atoms with Crippen molar-refractivity contribution in [2.24, 2.45) is 29.4 Å². The van der Waals surface area contributed by atoms with Gasteiger partial charge in [0.25, 0.3) is 0 Å². The van der Waals surface area contributed by atoms with Crippen LogP contribution >= 0.6 is 0 Å². The lowest BCUT2D eigenvalue weighted by molar-refractivity contribution is -0.142. The molecule has 9 nitrogen and oxygen atoms in total. The summed E-state index contributed by atoms with van der Waals surface area (Å²) < 4.78 is 29.6. The van der Waals surface area contributed by atoms with E-state index in [9.17, 15) is 18.8 Å². The van der Waals surface area contributed by atoms with Crippen molar-refractivity contribution < 1.29 is 32.7 Å². The third-order valence-electron chi connectivity index (χ3n) is 11.0. The number of hydrogen-bond donors (Lipinski definition) is 2. The number of fused-ring (bicyclic) bond motifs is 1. The van der Waals surface area contributed by atoms with Crippen molar-refractivity contribution in [3.8, 4) is 0 Å². The Hall–Kier alpha value is -2.98. The molecule has 0 spiro atoms. The van der Waals surface area contributed by atoms with E-state index in [1.807, 2.05) is 4.90 Å². The molecular formula is C37H54FN3O6. The number of carbonyl (C=O) groups excluding carboxylic acids is 3. The van der Waals surface area contributed by atoms with E-state index in [1.165, 1.54) is 0 Å². The molecule has 260 valence electrons. The number of furan rings is 1. The highest BCUT2D eigenvalue weighted by atomic mass is 19.1. The Morgan fingerprint density at radius 1 is 1.02 bits per heavy atom. The van der Waals surface area contributed by atoms with Crippen LogP contribution in [0.1, 0.15) is 107 Å². The van der Waals surface area contributed by atoms with E-state index in [4.69, 9.17) is 19.6 Å². The van der Waals surface area contributed by atoms with Crippen LogP contribution in [0.5, 0.6) is 0 Å². The average molecular weight is 656 g/mol. The Balaban J connectivity index is 1.28. The summed E-state index contributed by atoms with van der Waals surface area (Å²) >= 11 is 0. The highest BCUT2D eigenvalue weighted by molar-refractivity contribution is 6.00. The van der Waals surface area contributed by atoms with Gasteiger partial charge in [-0.05, 0) is 113 Å². The van der Waals surface area contributed by atoms with Crippen LogP contribution in [0.15, 0.2) is 28.7 Å². The number of carbonyl (C=O) groups is 3. The van der Waals surface area contributed by atoms with Crippen LogP contribution < -0.4 is 11.1 Å². The van der Waals surface area contributed by atoms with Crippen LogP contribution in [0.4, 0.5) is 10.1 Å². The molecule has 0 unspecified atom stereocenters. The van der Waals surface area contributed by atoms with Crippen molar-refractivity contribution in [3.05, 3.63) is 30.0 Å². The second-order valence-corrected chi connectivity index (χ2v) is 14.0. The lowest BCUT2D eigenvalue weighted by atomic mass is 9.75. The van der Waals surface area contributed by atoms with Crippen molar-refractivity contribution in [1.29, 1.82) is 0 Å². The number of unbranched alkanes of at least 4 members (excludes halogenated alkanes) is 3. The van der Waals surface area contributed by atoms with Gasteiger partial charge in [-0.3, -0.25) is 14.0 Å². The second kappa shape index (κ2) is 16.9. The summed E-state index contributed by atoms with van der Waals surface area (Å²) in [5, 5.41) is 3.81. The molecule has 1 saturated heterocycles. The van der Waals surface area contributed by atoms with Crippen molar-refractivity contribution in [2.75, 3.05) is 32.3 Å². The molecule has 2 saturated carbocycles. The number of likely N-dealkylation sites (tertiary alicyclic amines) is 1. The third kappa shape index (κ3) is 8.74. The van der Waals surface area contributed by atoms with E-state index in [-0.39, 0.29) is 47.5 Å². The smallest absolute Gasteiger partial charge is 0.374 e. The van der Waals surface area contributed by atoms with Crippen LogP contribution in [-0.2, 0) is 19.1 Å². The lowest BCUT2D eigenvalue weighted by Gasteiger charge is -2.37. The average Bonchev–Trinajstić information content (AvgIpc) is 3.73. The maximum Gasteiger partial charge on any atom is 0.374 e. The van der Waals surface area contributed by atoms with Crippen molar-refractivity contribution in [1.82, 2.24) is 4.90 Å². The number of nitrogens with one attached hydrogen (secondary N) is 1. The number of nitrogens with zero attached hydrogens (tertiary/aromatic N) is 1. The standard InChI is InChI=1S/C37H54FN3O6/c1-3-4-5-6-21-46-37(44)33-23-27-22-28(13-16-32(27)47-33)40-35(42)34-30(24-11-14-29(45-2)15-12-24)18-20-41(34)36(43)26-9-7-25(8-10-26)31(39)17-19-38/h13,16,22-26,29-31,34H,3-12,14-15,17-21,39H2,1-2H3,(H,40,42)/t24?,25-,26-,29?,30-,31+,34-/m0/s1. The van der Waals surface area contributed by atoms with Gasteiger partial charge in [0.2, 0.25) is 17.6 Å². The maximum absolute atomic E-state index is 14.2. The summed E-state index contributed by atoms with van der Waals surface area (Å²) in [4.78, 5) is 42.6. The minimum Gasteiger partial charge on any atom is -0.460 e. The first-order valence-electron chi connectivity index (χ1n) is 18.0. The number of alkyl halides is 1. The van der Waals surface area contributed by atoms with Gasteiger partial charge in [0, 0.05) is 36.7 Å². The van der Waals surface area contributed by atoms with Crippen LogP contribution in [0.3, 0.4) is 0 Å². The lowest BCUT2D eigenvalue weighted by Crippen LogP contribution is -2.50. The SMILES string of the molecule is CCCCCCOC(=O)c1cc2cc(NC(=O)[C@@H]3[C@H](C4CCC(OC)CC4)CCN3C(=O)[C@H]3CC[C@H]([C@H](N)CCF)CC3)ccc2o1. The van der Waals surface area contributed by atoms with Gasteiger partial charge in [0.1, 0.15) is 11.6 Å². The molecule has 3 aliphatic rings. The summed E-state index contributed by atoms with van der Waals surface area (Å²) in [5.74, 6) is 0.0309. The van der Waals surface area contributed by atoms with Gasteiger partial charge in [-0.2, -0.15) is 0 Å². The molecule has 3 fully saturated rings. The number of esters is 1. The monoisotopic (exact) mass is 655 g/mol. The predicted octanol–water partition coefficient (Wildman–Crippen LogP) is 7.02. The molecule has 0 bridgehead atoms. The normalized spacial score (nSPS) is 27.1. The van der Waals surface area contributed by atoms with E-state index in [2.05, 4.69) is 12.2 Å². The first-order valence-corrected chi connectivity index (χ1v) is 18.0. The zero-order valence-electron chi connectivity index (χ0n) is 28.2. The van der Waals surface area contributed by atoms with Gasteiger partial charge in [-0.1, -0.05) is 26.2 Å². The van der Waals surface area contributed by atoms with Crippen molar-refractivity contribution in [2.45, 2.75) is 115 Å². The number of amides is 2. The fraction of sp³-hybridized carbons (Fsp3) is 0.703. The van der Waals surface area contributed by atoms with Crippen LogP contribution in [0, 0.1) is 23.7 Å². The minimum atomic E-state index is -0.559. The van der Waals surface area contributed by atoms with Gasteiger partial charge in [0.05, 0.1) is 19.4 Å². The number of hydrogen-bond acceptors (Lipinski definition) is 7. The number of halogens is 1. The first-order chi connectivity index (χ1) is 22.8. The van der Waals surface area contributed by atoms with E-state index >= 15 is 0 Å². The molecular weight excluding hydrogens is 601 g/mol. The Labute approximate surface area is 278 Å². The highest BCUT2D eigenvalue weighted by Gasteiger charge is 2.47. The molecule has 10 heteroatoms. The maximum atomic E-state index is 14.2. The molecule has 1 aromatic carbocycles. The van der Waals surface area contributed by atoms with Crippen molar-refractivity contribution in [3.63, 3.8) is 0 Å². The van der Waals surface area contributed by atoms with Crippen LogP contribution in [0.25, 0.3) is 11.0 Å². The molecule has 47 heavy (non-hydrogen) atoms. The molecule has 2 aliphatic carbocycles. The largest absolute Gasteiger partial charge is 0.460 e. The zero-order valence-corrected chi connectivity index (χ0v) is 28.2. The van der Waals surface area contributed by atoms with E-state index in [0.29, 0.717) is 42.1 Å². The quantitative estimate of drug-likeness (QED) is 0.166. The molecule has 3 N–H and O–H groups in total. The summed E-state index contributed by atoms with van der Waals surface area (Å²) in [6.45, 7) is 2.64. The van der Waals surface area contributed by atoms with Gasteiger partial charge in [0.15, 0.2) is 0 Å². The van der Waals surface area contributed by atoms with Crippen LogP contribution in [0.2, 0.25) is 0 Å². The topological polar surface area (TPSA) is 124 Å². The fourth-order valence-corrected chi connectivity index (χ4v) is 8.24. The molecule has 1 aromatic heterocycles. The molecule has 1 aliphatic heterocycles. The fourth-order valence-electron chi connectivity index (χ4n) is 8.24. The number of anilines is 1. The molecule has 3 atom stereocenters. The summed E-state index contributed by atoms with van der Waals surface area (Å²) in [6, 6.07) is 6.24. The Bertz CT molecular complexity index is 1330. The number of ether oxygens (including phenoxy) is 2. The number of rotatable bonds is 14. The molecule has 2 aromatic rings. The zero-order chi connectivity index (χ0) is 33.3. The molecule has 5 rings (SSSR count). The van der Waals surface area contributed by atoms with Gasteiger partial charge >= 0.3 is 5.97 Å². The Kier molecular flexibility index (Phi) is 12.7. The second-order valence-electron chi connectivity index (χ2n) is 14.0. The number of nitrogens with two attached hydrogens (primary N) is 1. The number of methoxy groups -OCH3 is 1. The molecule has 2 amide bonds. The minimum absolute atomic E-state index is 0.0545. The summed E-state index contributed by atoms with van der Waals surface area (Å²) in [7, 11) is 1.76. The summed E-state index contributed by atoms with van der Waals surface area (Å²) in [6.07, 6.45) is 12.4. The first kappa shape index (κ1) is 35.3. The van der Waals surface area contributed by atoms with Crippen molar-refractivity contribution >= 4 is 34.4 Å². The highest BCUT2D eigenvalue weighted by Crippen LogP contribution is 2.42. The summed E-state index contributed by atoms with van der Waals surface area (Å²) in [5.41, 5.74) is 7.34. The molecule has 2 heterocycles. The Morgan fingerprint density at radius 3 is 2.49 bits per heavy atom. The third-order valence-corrected chi connectivity index (χ3v) is 11.0. The Morgan fingerprint density at radius 2 is 1.79 bits per heavy atom. The molecule has 0 radical (unpaired) electrons. The van der Waals surface area contributed by atoms with E-state index < -0.39 is 18.7 Å². The van der Waals surface area contributed by atoms with Gasteiger partial charge in [-0.15, -0.1) is 0 Å². The predicted molar refractivity (Wildman–Crippen MR) is 180 cm³/mol. The van der Waals surface area contributed by atoms with Gasteiger partial charge in [-0.25, -0.2) is 4.79 Å². The number of benzene rings is 1. The van der Waals surface area contributed by atoms with E-state index in [0.717, 1.165) is 83.5 Å². The van der Waals surface area contributed by atoms with Crippen LogP contribution in [-0.4, -0.2) is 67.8 Å².